The number of nitrogens with zero attached hydrogens (tertiary/aromatic N) is 6. The van der Waals surface area contributed by atoms with Gasteiger partial charge in [-0.2, -0.15) is 5.21 Å². The van der Waals surface area contributed by atoms with Gasteiger partial charge in [-0.05, 0) is 19.4 Å². The van der Waals surface area contributed by atoms with Crippen molar-refractivity contribution in [2.24, 2.45) is 0 Å². The number of fused-ring (bicyclic) bond motifs is 1. The zero-order valence-corrected chi connectivity index (χ0v) is 9.08. The highest BCUT2D eigenvalue weighted by Crippen LogP contribution is 2.21. The summed E-state index contributed by atoms with van der Waals surface area (Å²) in [6, 6.07) is 1.42. The summed E-state index contributed by atoms with van der Waals surface area (Å²) in [5, 5.41) is 19.1. The van der Waals surface area contributed by atoms with Gasteiger partial charge in [-0.1, -0.05) is 0 Å². The predicted octanol–water partition coefficient (Wildman–Crippen LogP) is -0.262. The molecule has 0 amide bonds. The lowest BCUT2D eigenvalue weighted by Gasteiger charge is -2.01. The molecule has 8 nitrogen and oxygen atoms in total. The third-order valence-corrected chi connectivity index (χ3v) is 2.44. The molecule has 0 aromatic carbocycles. The summed E-state index contributed by atoms with van der Waals surface area (Å²) >= 11 is 0. The van der Waals surface area contributed by atoms with Crippen molar-refractivity contribution in [2.45, 2.75) is 13.8 Å². The zero-order valence-electron chi connectivity index (χ0n) is 9.08. The van der Waals surface area contributed by atoms with Crippen LogP contribution in [0.3, 0.4) is 0 Å². The van der Waals surface area contributed by atoms with Gasteiger partial charge in [0.2, 0.25) is 0 Å². The number of rotatable bonds is 1. The quantitative estimate of drug-likeness (QED) is 0.568. The van der Waals surface area contributed by atoms with Gasteiger partial charge in [-0.25, -0.2) is 19.7 Å². The van der Waals surface area contributed by atoms with Crippen LogP contribution >= 0.6 is 0 Å². The molecule has 0 spiro atoms. The van der Waals surface area contributed by atoms with E-state index >= 15 is 0 Å². The van der Waals surface area contributed by atoms with Gasteiger partial charge in [-0.3, -0.25) is 5.10 Å². The molecule has 0 unspecified atom stereocenters. The highest BCUT2D eigenvalue weighted by Gasteiger charge is 2.12. The van der Waals surface area contributed by atoms with Crippen LogP contribution in [0.1, 0.15) is 11.3 Å². The van der Waals surface area contributed by atoms with Gasteiger partial charge in [0.25, 0.3) is 0 Å². The average molecular weight is 231 g/mol. The zero-order chi connectivity index (χ0) is 12.0. The van der Waals surface area contributed by atoms with Crippen molar-refractivity contribution in [1.82, 2.24) is 30.4 Å². The first kappa shape index (κ1) is 9.70. The Morgan fingerprint density at radius 2 is 2.24 bits per heavy atom. The second kappa shape index (κ2) is 3.24. The highest BCUT2D eigenvalue weighted by atomic mass is 16.4. The number of tetrazole rings is 1. The second-order valence-corrected chi connectivity index (χ2v) is 3.60. The van der Waals surface area contributed by atoms with Gasteiger partial charge in [0.05, 0.1) is 11.1 Å². The normalized spacial score (nSPS) is 11.2. The van der Waals surface area contributed by atoms with Gasteiger partial charge in [0, 0.05) is 6.07 Å². The molecule has 86 valence electrons. The summed E-state index contributed by atoms with van der Waals surface area (Å²) in [5.74, 6) is 0.178. The molecule has 3 aromatic heterocycles. The fourth-order valence-electron chi connectivity index (χ4n) is 1.79. The maximum Gasteiger partial charge on any atom is 0.337 e. The van der Waals surface area contributed by atoms with Gasteiger partial charge < -0.3 is 4.42 Å². The topological polar surface area (TPSA) is 101 Å². The van der Waals surface area contributed by atoms with E-state index in [9.17, 15) is 4.79 Å². The van der Waals surface area contributed by atoms with Gasteiger partial charge in [0.1, 0.15) is 5.95 Å². The van der Waals surface area contributed by atoms with Crippen LogP contribution in [-0.2, 0) is 0 Å². The largest absolute Gasteiger partial charge is 0.414 e. The first-order valence-electron chi connectivity index (χ1n) is 4.86. The molecule has 17 heavy (non-hydrogen) atoms. The second-order valence-electron chi connectivity index (χ2n) is 3.60. The first-order chi connectivity index (χ1) is 8.16. The van der Waals surface area contributed by atoms with Crippen molar-refractivity contribution in [3.8, 4) is 5.95 Å². The Kier molecular flexibility index (Phi) is 1.85. The lowest BCUT2D eigenvalue weighted by molar-refractivity contribution is 0.531. The van der Waals surface area contributed by atoms with Gasteiger partial charge >= 0.3 is 5.63 Å². The Bertz CT molecular complexity index is 739. The smallest absolute Gasteiger partial charge is 0.337 e. The summed E-state index contributed by atoms with van der Waals surface area (Å²) in [7, 11) is 0. The number of aromatic nitrogens is 6. The molecule has 0 fully saturated rings. The fraction of sp³-hybridized carbons (Fsp3) is 0.222. The van der Waals surface area contributed by atoms with Gasteiger partial charge in [0.15, 0.2) is 5.71 Å². The van der Waals surface area contributed by atoms with Crippen molar-refractivity contribution in [1.29, 1.82) is 0 Å². The summed E-state index contributed by atoms with van der Waals surface area (Å²) in [4.78, 5) is 11.4. The van der Waals surface area contributed by atoms with Crippen LogP contribution in [0.25, 0.3) is 17.0 Å². The van der Waals surface area contributed by atoms with Crippen LogP contribution in [0.5, 0.6) is 0 Å². The summed E-state index contributed by atoms with van der Waals surface area (Å²) in [6.45, 7) is 3.64. The predicted molar refractivity (Wildman–Crippen MR) is 55.8 cm³/mol. The van der Waals surface area contributed by atoms with E-state index in [4.69, 9.17) is 4.42 Å². The van der Waals surface area contributed by atoms with E-state index < -0.39 is 5.63 Å². The molecule has 0 aliphatic heterocycles. The molecule has 0 bridgehead atoms. The van der Waals surface area contributed by atoms with E-state index in [-0.39, 0.29) is 5.95 Å². The fourth-order valence-corrected chi connectivity index (χ4v) is 1.79. The van der Waals surface area contributed by atoms with Crippen molar-refractivity contribution in [3.05, 3.63) is 27.7 Å². The molecule has 0 aliphatic carbocycles. The molecule has 0 saturated carbocycles. The summed E-state index contributed by atoms with van der Waals surface area (Å²) < 4.78 is 6.45. The molecule has 0 atom stereocenters. The maximum atomic E-state index is 11.4. The van der Waals surface area contributed by atoms with E-state index in [0.717, 1.165) is 16.6 Å². The number of hydrogen-bond donors (Lipinski definition) is 0. The lowest BCUT2D eigenvalue weighted by atomic mass is 10.2. The minimum atomic E-state index is -0.441. The molecule has 3 aromatic rings. The van der Waals surface area contributed by atoms with Crippen LogP contribution in [0.2, 0.25) is 0 Å². The molecule has 3 heterocycles. The molecule has 8 heteroatoms. The van der Waals surface area contributed by atoms with Crippen LogP contribution in [0.4, 0.5) is 0 Å². The molecule has 0 saturated heterocycles. The monoisotopic (exact) mass is 231 g/mol. The van der Waals surface area contributed by atoms with Gasteiger partial charge in [-0.15, -0.1) is 5.21 Å². The molecule has 0 N–H and O–H groups in total. The van der Waals surface area contributed by atoms with Crippen molar-refractivity contribution in [3.63, 3.8) is 0 Å². The third kappa shape index (κ3) is 1.34. The Morgan fingerprint density at radius 3 is 2.94 bits per heavy atom. The Morgan fingerprint density at radius 1 is 1.41 bits per heavy atom. The molecule has 0 aliphatic rings. The number of hydrogen-bond acceptors (Lipinski definition) is 6. The highest BCUT2D eigenvalue weighted by molar-refractivity contribution is 5.80. The Labute approximate surface area is 94.2 Å². The van der Waals surface area contributed by atoms with Crippen LogP contribution in [0.15, 0.2) is 15.3 Å². The van der Waals surface area contributed by atoms with Crippen molar-refractivity contribution in [2.75, 3.05) is 0 Å². The summed E-state index contributed by atoms with van der Waals surface area (Å²) in [6.07, 6.45) is 0. The van der Waals surface area contributed by atoms with Crippen molar-refractivity contribution >= 4 is 11.1 Å². The average Bonchev–Trinajstić information content (AvgIpc) is 2.85. The third-order valence-electron chi connectivity index (χ3n) is 2.44. The number of aryl methyl sites for hydroxylation is 2. The lowest BCUT2D eigenvalue weighted by Crippen LogP contribution is -2.04. The maximum absolute atomic E-state index is 11.4. The Hall–Kier alpha value is -2.51. The van der Waals surface area contributed by atoms with E-state index in [1.54, 1.807) is 0 Å². The first-order valence-corrected chi connectivity index (χ1v) is 4.86. The minimum absolute atomic E-state index is 0.178. The van der Waals surface area contributed by atoms with Crippen LogP contribution in [-0.4, -0.2) is 25.3 Å². The molecular weight excluding hydrogens is 224 g/mol. The van der Waals surface area contributed by atoms with E-state index in [1.807, 2.05) is 13.8 Å². The summed E-state index contributed by atoms with van der Waals surface area (Å²) in [5.41, 5.74) is 1.39. The molecule has 0 radical (unpaired) electrons. The minimum Gasteiger partial charge on any atom is -0.414 e. The van der Waals surface area contributed by atoms with Crippen LogP contribution < -0.4 is 10.7 Å². The van der Waals surface area contributed by atoms with E-state index in [1.165, 1.54) is 10.7 Å². The standard InChI is InChI=1S/C9H7N6O2/c1-4-3-6(16)17-8-7(4)5(2)12-15(8)9-10-13-14-11-9/h3H,1-2H3/q-1. The SMILES string of the molecule is Cc1cc(=O)oc2c1c(C)nn2-c1nnn[n-]1. The Balaban J connectivity index is 2.46. The van der Waals surface area contributed by atoms with Crippen LogP contribution in [0, 0.1) is 13.8 Å². The van der Waals surface area contributed by atoms with E-state index in [0.29, 0.717) is 5.71 Å². The van der Waals surface area contributed by atoms with E-state index in [2.05, 4.69) is 25.7 Å². The molecule has 3 rings (SSSR count). The van der Waals surface area contributed by atoms with Crippen molar-refractivity contribution < 1.29 is 4.42 Å². The molecular formula is C9H7N6O2-.